The van der Waals surface area contributed by atoms with E-state index in [1.54, 1.807) is 13.8 Å². The van der Waals surface area contributed by atoms with Crippen molar-refractivity contribution in [3.63, 3.8) is 0 Å². The Morgan fingerprint density at radius 2 is 1.82 bits per heavy atom. The molecule has 0 aromatic rings. The number of hydrogen-bond donors (Lipinski definition) is 0. The number of nitrogens with zero attached hydrogens (tertiary/aromatic N) is 1. The van der Waals surface area contributed by atoms with Crippen molar-refractivity contribution in [1.82, 2.24) is 0 Å². The Balaban J connectivity index is 4.28. The fourth-order valence-electron chi connectivity index (χ4n) is 0.213. The van der Waals surface area contributed by atoms with Gasteiger partial charge < -0.3 is 0 Å². The van der Waals surface area contributed by atoms with E-state index in [0.717, 1.165) is 0 Å². The summed E-state index contributed by atoms with van der Waals surface area (Å²) in [5.41, 5.74) is 0.578. The van der Waals surface area contributed by atoms with E-state index in [2.05, 4.69) is 9.44 Å². The van der Waals surface area contributed by atoms with E-state index >= 15 is 0 Å². The summed E-state index contributed by atoms with van der Waals surface area (Å²) in [6.07, 6.45) is 0. The minimum Gasteiger partial charge on any atom is -0.268 e. The van der Waals surface area contributed by atoms with Crippen LogP contribution in [0.25, 0.3) is 0 Å². The number of oxime groups is 1. The largest absolute Gasteiger partial charge is 0.330 e. The van der Waals surface area contributed by atoms with Gasteiger partial charge in [0.05, 0.1) is 11.0 Å². The van der Waals surface area contributed by atoms with Gasteiger partial charge in [-0.2, -0.15) is 8.42 Å². The van der Waals surface area contributed by atoms with Gasteiger partial charge in [0.1, 0.15) is 0 Å². The first-order chi connectivity index (χ1) is 4.86. The molecule has 66 valence electrons. The van der Waals surface area contributed by atoms with Crippen molar-refractivity contribution < 1.29 is 12.7 Å². The molecule has 0 bridgehead atoms. The molecule has 0 aliphatic rings. The molecule has 11 heavy (non-hydrogen) atoms. The summed E-state index contributed by atoms with van der Waals surface area (Å²) >= 11 is 0. The van der Waals surface area contributed by atoms with Crippen LogP contribution in [0.4, 0.5) is 0 Å². The van der Waals surface area contributed by atoms with Gasteiger partial charge in [-0.3, -0.25) is 4.28 Å². The Bertz CT molecular complexity index is 237. The van der Waals surface area contributed by atoms with Gasteiger partial charge in [0.25, 0.3) is 0 Å². The normalized spacial score (nSPS) is 11.4. The maximum absolute atomic E-state index is 10.9. The lowest BCUT2D eigenvalue weighted by atomic mass is 10.5. The second-order valence-corrected chi connectivity index (χ2v) is 4.73. The van der Waals surface area contributed by atoms with Crippen LogP contribution in [0.5, 0.6) is 0 Å². The van der Waals surface area contributed by atoms with E-state index in [1.165, 1.54) is 13.8 Å². The molecular weight excluding hydrogens is 166 g/mol. The van der Waals surface area contributed by atoms with Crippen LogP contribution in [0.3, 0.4) is 0 Å². The van der Waals surface area contributed by atoms with Crippen LogP contribution < -0.4 is 0 Å². The summed E-state index contributed by atoms with van der Waals surface area (Å²) in [5.74, 6) is 0. The molecule has 0 rings (SSSR count). The average molecular weight is 179 g/mol. The maximum Gasteiger partial charge on any atom is 0.330 e. The molecule has 0 unspecified atom stereocenters. The van der Waals surface area contributed by atoms with Crippen molar-refractivity contribution in [1.29, 1.82) is 0 Å². The highest BCUT2D eigenvalue weighted by molar-refractivity contribution is 7.87. The SMILES string of the molecule is CC(C)=NOS(=O)(=O)C(C)C. The average Bonchev–Trinajstić information content (AvgIpc) is 1.84. The third kappa shape index (κ3) is 3.98. The van der Waals surface area contributed by atoms with Crippen molar-refractivity contribution in [3.05, 3.63) is 0 Å². The van der Waals surface area contributed by atoms with Crippen LogP contribution in [-0.2, 0) is 14.4 Å². The van der Waals surface area contributed by atoms with E-state index in [0.29, 0.717) is 5.71 Å². The highest BCUT2D eigenvalue weighted by atomic mass is 32.2. The predicted octanol–water partition coefficient (Wildman–Crippen LogP) is 1.14. The zero-order valence-corrected chi connectivity index (χ0v) is 7.97. The minimum absolute atomic E-state index is 0.550. The molecule has 0 saturated heterocycles. The number of hydrogen-bond acceptors (Lipinski definition) is 4. The van der Waals surface area contributed by atoms with Crippen LogP contribution in [0.2, 0.25) is 0 Å². The van der Waals surface area contributed by atoms with Crippen LogP contribution in [0.1, 0.15) is 27.7 Å². The molecule has 0 N–H and O–H groups in total. The van der Waals surface area contributed by atoms with Gasteiger partial charge in [0, 0.05) is 0 Å². The Labute approximate surface area is 67.4 Å². The van der Waals surface area contributed by atoms with Crippen molar-refractivity contribution in [2.24, 2.45) is 5.16 Å². The predicted molar refractivity (Wildman–Crippen MR) is 43.9 cm³/mol. The van der Waals surface area contributed by atoms with Crippen molar-refractivity contribution in [2.45, 2.75) is 32.9 Å². The highest BCUT2D eigenvalue weighted by Gasteiger charge is 2.16. The molecule has 0 aliphatic carbocycles. The van der Waals surface area contributed by atoms with E-state index in [4.69, 9.17) is 0 Å². The van der Waals surface area contributed by atoms with Gasteiger partial charge in [0.15, 0.2) is 0 Å². The Morgan fingerprint density at radius 1 is 1.36 bits per heavy atom. The Morgan fingerprint density at radius 3 is 2.09 bits per heavy atom. The zero-order valence-electron chi connectivity index (χ0n) is 7.16. The molecule has 0 aromatic carbocycles. The third-order valence-corrected chi connectivity index (χ3v) is 2.34. The fourth-order valence-corrected chi connectivity index (χ4v) is 0.638. The Kier molecular flexibility index (Phi) is 3.51. The van der Waals surface area contributed by atoms with Crippen molar-refractivity contribution in [3.8, 4) is 0 Å². The smallest absolute Gasteiger partial charge is 0.268 e. The molecule has 0 aromatic heterocycles. The van der Waals surface area contributed by atoms with E-state index in [-0.39, 0.29) is 0 Å². The molecule has 0 spiro atoms. The first-order valence-electron chi connectivity index (χ1n) is 3.30. The first kappa shape index (κ1) is 10.4. The van der Waals surface area contributed by atoms with Crippen LogP contribution >= 0.6 is 0 Å². The lowest BCUT2D eigenvalue weighted by Gasteiger charge is -2.03. The van der Waals surface area contributed by atoms with Gasteiger partial charge in [-0.1, -0.05) is 5.16 Å². The molecule has 4 nitrogen and oxygen atoms in total. The van der Waals surface area contributed by atoms with Gasteiger partial charge in [0.2, 0.25) is 0 Å². The third-order valence-electron chi connectivity index (χ3n) is 0.901. The summed E-state index contributed by atoms with van der Waals surface area (Å²) in [6, 6.07) is 0. The molecule has 5 heteroatoms. The molecule has 0 fully saturated rings. The van der Waals surface area contributed by atoms with Crippen molar-refractivity contribution >= 4 is 15.8 Å². The zero-order chi connectivity index (χ0) is 9.07. The topological polar surface area (TPSA) is 55.7 Å². The van der Waals surface area contributed by atoms with Gasteiger partial charge in [-0.15, -0.1) is 0 Å². The fraction of sp³-hybridized carbons (Fsp3) is 0.833. The molecule has 0 heterocycles. The van der Waals surface area contributed by atoms with Crippen LogP contribution in [-0.4, -0.2) is 19.4 Å². The van der Waals surface area contributed by atoms with Crippen molar-refractivity contribution in [2.75, 3.05) is 0 Å². The van der Waals surface area contributed by atoms with Gasteiger partial charge in [-0.05, 0) is 27.7 Å². The second-order valence-electron chi connectivity index (χ2n) is 2.65. The number of rotatable bonds is 3. The lowest BCUT2D eigenvalue weighted by Crippen LogP contribution is -2.14. The van der Waals surface area contributed by atoms with Gasteiger partial charge in [-0.25, -0.2) is 0 Å². The van der Waals surface area contributed by atoms with Crippen LogP contribution in [0.15, 0.2) is 5.16 Å². The standard InChI is InChI=1S/C6H13NO3S/c1-5(2)7-10-11(8,9)6(3)4/h6H,1-4H3. The summed E-state index contributed by atoms with van der Waals surface area (Å²) < 4.78 is 26.1. The maximum atomic E-state index is 10.9. The highest BCUT2D eigenvalue weighted by Crippen LogP contribution is 2.02. The van der Waals surface area contributed by atoms with E-state index in [1.807, 2.05) is 0 Å². The van der Waals surface area contributed by atoms with E-state index in [9.17, 15) is 8.42 Å². The molecule has 0 amide bonds. The Hall–Kier alpha value is -0.580. The summed E-state index contributed by atoms with van der Waals surface area (Å²) in [6.45, 7) is 6.40. The molecule has 0 aliphatic heterocycles. The molecule has 0 radical (unpaired) electrons. The minimum atomic E-state index is -3.48. The molecule has 0 atom stereocenters. The van der Waals surface area contributed by atoms with Gasteiger partial charge >= 0.3 is 10.1 Å². The molecule has 0 saturated carbocycles. The summed E-state index contributed by atoms with van der Waals surface area (Å²) in [7, 11) is -3.48. The second kappa shape index (κ2) is 3.71. The van der Waals surface area contributed by atoms with E-state index < -0.39 is 15.4 Å². The first-order valence-corrected chi connectivity index (χ1v) is 4.77. The monoisotopic (exact) mass is 179 g/mol. The van der Waals surface area contributed by atoms with Crippen LogP contribution in [0, 0.1) is 0 Å². The summed E-state index contributed by atoms with van der Waals surface area (Å²) in [5, 5.41) is 2.80. The lowest BCUT2D eigenvalue weighted by molar-refractivity contribution is 0.333. The quantitative estimate of drug-likeness (QED) is 0.482. The summed E-state index contributed by atoms with van der Waals surface area (Å²) in [4.78, 5) is 0. The molecular formula is C6H13NO3S.